The number of urea groups is 1. The van der Waals surface area contributed by atoms with Gasteiger partial charge < -0.3 is 15.0 Å². The van der Waals surface area contributed by atoms with Gasteiger partial charge >= 0.3 is 12.4 Å². The Morgan fingerprint density at radius 1 is 1.36 bits per heavy atom. The minimum atomic E-state index is -4.74. The summed E-state index contributed by atoms with van der Waals surface area (Å²) in [4.78, 5) is 29.5. The van der Waals surface area contributed by atoms with Crippen molar-refractivity contribution in [3.8, 4) is 5.75 Å². The van der Waals surface area contributed by atoms with Gasteiger partial charge in [-0.2, -0.15) is 0 Å². The monoisotopic (exact) mass is 417 g/mol. The number of aliphatic imine (C=N–C) groups is 1. The number of alkyl halides is 3. The standard InChI is InChI=1S/C18H22F3N3O3S/c1-4-24-16(11(2)9-22-17(24)26)28-10-15(25)23-12(3)13-5-7-14(8-6-13)27-18(19,20)21/h5-9,11-12,16H,4,10H2,1-3H3,(H,23,25)/t11?,12-,16?/m1/s1. The molecule has 2 unspecified atom stereocenters. The van der Waals surface area contributed by atoms with Crippen molar-refractivity contribution in [3.05, 3.63) is 29.8 Å². The van der Waals surface area contributed by atoms with Crippen LogP contribution in [0.15, 0.2) is 29.3 Å². The van der Waals surface area contributed by atoms with Crippen molar-refractivity contribution in [3.63, 3.8) is 0 Å². The summed E-state index contributed by atoms with van der Waals surface area (Å²) >= 11 is 1.35. The third kappa shape index (κ3) is 6.15. The quantitative estimate of drug-likeness (QED) is 0.728. The largest absolute Gasteiger partial charge is 0.573 e. The van der Waals surface area contributed by atoms with E-state index in [1.807, 2.05) is 13.8 Å². The van der Waals surface area contributed by atoms with Crippen LogP contribution >= 0.6 is 11.8 Å². The zero-order valence-corrected chi connectivity index (χ0v) is 16.5. The van der Waals surface area contributed by atoms with Crippen LogP contribution in [0.5, 0.6) is 5.75 Å². The maximum atomic E-state index is 12.3. The maximum Gasteiger partial charge on any atom is 0.573 e. The van der Waals surface area contributed by atoms with Gasteiger partial charge in [0.1, 0.15) is 5.75 Å². The Morgan fingerprint density at radius 3 is 2.57 bits per heavy atom. The molecule has 0 aromatic heterocycles. The van der Waals surface area contributed by atoms with E-state index in [2.05, 4.69) is 15.0 Å². The van der Waals surface area contributed by atoms with Crippen molar-refractivity contribution in [1.29, 1.82) is 0 Å². The number of benzene rings is 1. The second kappa shape index (κ2) is 9.31. The molecule has 1 aromatic rings. The van der Waals surface area contributed by atoms with Crippen LogP contribution in [0.2, 0.25) is 0 Å². The number of rotatable bonds is 7. The lowest BCUT2D eigenvalue weighted by Crippen LogP contribution is -2.45. The Bertz CT molecular complexity index is 725. The molecular weight excluding hydrogens is 395 g/mol. The van der Waals surface area contributed by atoms with Crippen molar-refractivity contribution >= 4 is 29.9 Å². The molecule has 0 spiro atoms. The molecule has 0 fully saturated rings. The van der Waals surface area contributed by atoms with Crippen LogP contribution in [0.25, 0.3) is 0 Å². The highest BCUT2D eigenvalue weighted by atomic mass is 32.2. The average Bonchev–Trinajstić information content (AvgIpc) is 2.61. The second-order valence-corrected chi connectivity index (χ2v) is 7.42. The molecule has 3 atom stereocenters. The summed E-state index contributed by atoms with van der Waals surface area (Å²) in [6.45, 7) is 6.02. The molecule has 0 bridgehead atoms. The van der Waals surface area contributed by atoms with Gasteiger partial charge in [-0.05, 0) is 31.5 Å². The van der Waals surface area contributed by atoms with Crippen LogP contribution in [0, 0.1) is 5.92 Å². The topological polar surface area (TPSA) is 71.0 Å². The number of hydrogen-bond acceptors (Lipinski definition) is 4. The van der Waals surface area contributed by atoms with Gasteiger partial charge in [-0.15, -0.1) is 24.9 Å². The fourth-order valence-electron chi connectivity index (χ4n) is 2.76. The van der Waals surface area contributed by atoms with Crippen molar-refractivity contribution in [1.82, 2.24) is 10.2 Å². The lowest BCUT2D eigenvalue weighted by molar-refractivity contribution is -0.274. The zero-order chi connectivity index (χ0) is 20.9. The molecule has 28 heavy (non-hydrogen) atoms. The highest BCUT2D eigenvalue weighted by molar-refractivity contribution is 8.00. The van der Waals surface area contributed by atoms with Crippen molar-refractivity contribution in [2.45, 2.75) is 38.5 Å². The molecule has 2 rings (SSSR count). The Kier molecular flexibility index (Phi) is 7.34. The van der Waals surface area contributed by atoms with Gasteiger partial charge in [-0.25, -0.2) is 9.79 Å². The van der Waals surface area contributed by atoms with E-state index in [0.717, 1.165) is 0 Å². The Labute approximate surface area is 165 Å². The fraction of sp³-hybridized carbons (Fsp3) is 0.500. The summed E-state index contributed by atoms with van der Waals surface area (Å²) in [7, 11) is 0. The number of halogens is 3. The molecule has 1 N–H and O–H groups in total. The van der Waals surface area contributed by atoms with Crippen LogP contribution in [-0.2, 0) is 4.79 Å². The minimum Gasteiger partial charge on any atom is -0.406 e. The predicted molar refractivity (Wildman–Crippen MR) is 101 cm³/mol. The summed E-state index contributed by atoms with van der Waals surface area (Å²) in [5.41, 5.74) is 0.649. The first-order valence-corrected chi connectivity index (χ1v) is 9.77. The maximum absolute atomic E-state index is 12.3. The van der Waals surface area contributed by atoms with Gasteiger partial charge in [0.05, 0.1) is 17.2 Å². The molecular formula is C18H22F3N3O3S. The summed E-state index contributed by atoms with van der Waals surface area (Å²) < 4.78 is 40.4. The Morgan fingerprint density at radius 2 is 2.00 bits per heavy atom. The van der Waals surface area contributed by atoms with Gasteiger partial charge in [-0.3, -0.25) is 4.79 Å². The third-order valence-corrected chi connectivity index (χ3v) is 5.59. The normalized spacial score (nSPS) is 20.8. The summed E-state index contributed by atoms with van der Waals surface area (Å²) in [5.74, 6) is -0.380. The van der Waals surface area contributed by atoms with Crippen molar-refractivity contribution in [2.24, 2.45) is 10.9 Å². The second-order valence-electron chi connectivity index (χ2n) is 6.31. The first-order chi connectivity index (χ1) is 13.1. The predicted octanol–water partition coefficient (Wildman–Crippen LogP) is 3.98. The number of amides is 3. The molecule has 0 saturated heterocycles. The van der Waals surface area contributed by atoms with Gasteiger partial charge in [-0.1, -0.05) is 19.1 Å². The van der Waals surface area contributed by atoms with Crippen molar-refractivity contribution < 1.29 is 27.5 Å². The van der Waals surface area contributed by atoms with Gasteiger partial charge in [0, 0.05) is 18.7 Å². The number of nitrogens with one attached hydrogen (secondary N) is 1. The van der Waals surface area contributed by atoms with Gasteiger partial charge in [0.2, 0.25) is 5.91 Å². The molecule has 1 aromatic carbocycles. The van der Waals surface area contributed by atoms with E-state index in [1.54, 1.807) is 18.0 Å². The van der Waals surface area contributed by atoms with Crippen molar-refractivity contribution in [2.75, 3.05) is 12.3 Å². The highest BCUT2D eigenvalue weighted by Crippen LogP contribution is 2.27. The first-order valence-electron chi connectivity index (χ1n) is 8.72. The Hall–Kier alpha value is -2.23. The summed E-state index contributed by atoms with van der Waals surface area (Å²) in [6.07, 6.45) is -3.15. The molecule has 10 heteroatoms. The van der Waals surface area contributed by atoms with E-state index in [4.69, 9.17) is 0 Å². The van der Waals surface area contributed by atoms with Crippen LogP contribution in [-0.4, -0.2) is 47.1 Å². The fourth-order valence-corrected chi connectivity index (χ4v) is 3.96. The van der Waals surface area contributed by atoms with Crippen LogP contribution in [0.3, 0.4) is 0 Å². The number of ether oxygens (including phenoxy) is 1. The number of thioether (sulfide) groups is 1. The summed E-state index contributed by atoms with van der Waals surface area (Å²) in [5, 5.41) is 2.63. The number of hydrogen-bond donors (Lipinski definition) is 1. The van der Waals surface area contributed by atoms with Crippen LogP contribution < -0.4 is 10.1 Å². The van der Waals surface area contributed by atoms with Gasteiger partial charge in [0.25, 0.3) is 0 Å². The first kappa shape index (κ1) is 22.1. The molecule has 6 nitrogen and oxygen atoms in total. The van der Waals surface area contributed by atoms with E-state index in [9.17, 15) is 22.8 Å². The lowest BCUT2D eigenvalue weighted by atomic mass is 10.1. The number of carbonyl (C=O) groups is 2. The van der Waals surface area contributed by atoms with Crippen LogP contribution in [0.4, 0.5) is 18.0 Å². The summed E-state index contributed by atoms with van der Waals surface area (Å²) in [6, 6.07) is 4.64. The average molecular weight is 417 g/mol. The molecule has 1 aliphatic heterocycles. The molecule has 0 aliphatic carbocycles. The van der Waals surface area contributed by atoms with Gasteiger partial charge in [0.15, 0.2) is 0 Å². The molecule has 1 aliphatic rings. The van der Waals surface area contributed by atoms with E-state index < -0.39 is 6.36 Å². The molecule has 3 amide bonds. The lowest BCUT2D eigenvalue weighted by Gasteiger charge is -2.34. The van der Waals surface area contributed by atoms with E-state index in [-0.39, 0.29) is 40.8 Å². The number of carbonyl (C=O) groups excluding carboxylic acids is 2. The minimum absolute atomic E-state index is 0.0223. The highest BCUT2D eigenvalue weighted by Gasteiger charge is 2.32. The molecule has 154 valence electrons. The van der Waals surface area contributed by atoms with E-state index in [0.29, 0.717) is 12.1 Å². The van der Waals surface area contributed by atoms with E-state index in [1.165, 1.54) is 36.0 Å². The SMILES string of the molecule is CCN1C(=O)N=CC(C)C1SCC(=O)N[C@H](C)c1ccc(OC(F)(F)F)cc1. The Balaban J connectivity index is 1.88. The third-order valence-electron chi connectivity index (χ3n) is 4.14. The number of nitrogens with zero attached hydrogens (tertiary/aromatic N) is 2. The molecule has 1 heterocycles. The molecule has 0 radical (unpaired) electrons. The van der Waals surface area contributed by atoms with Crippen LogP contribution in [0.1, 0.15) is 32.4 Å². The zero-order valence-electron chi connectivity index (χ0n) is 15.7. The van der Waals surface area contributed by atoms with E-state index >= 15 is 0 Å². The smallest absolute Gasteiger partial charge is 0.406 e. The molecule has 0 saturated carbocycles.